The summed E-state index contributed by atoms with van der Waals surface area (Å²) in [5.41, 5.74) is 6.59. The molecule has 3 heterocycles. The fourth-order valence-corrected chi connectivity index (χ4v) is 2.81. The average Bonchev–Trinajstić information content (AvgIpc) is 2.54. The summed E-state index contributed by atoms with van der Waals surface area (Å²) >= 11 is 0. The van der Waals surface area contributed by atoms with Crippen LogP contribution >= 0.6 is 0 Å². The molecule has 6 heteroatoms. The van der Waals surface area contributed by atoms with Crippen molar-refractivity contribution in [1.82, 2.24) is 15.3 Å². The predicted octanol–water partition coefficient (Wildman–Crippen LogP) is 1.72. The summed E-state index contributed by atoms with van der Waals surface area (Å²) in [6, 6.07) is 8.88. The number of hydrogen-bond acceptors (Lipinski definition) is 6. The maximum absolute atomic E-state index is 12.6. The maximum Gasteiger partial charge on any atom is 0.215 e. The van der Waals surface area contributed by atoms with E-state index in [0.29, 0.717) is 11.3 Å². The number of aromatic nitrogens is 2. The molecule has 1 saturated heterocycles. The van der Waals surface area contributed by atoms with Crippen molar-refractivity contribution in [2.45, 2.75) is 19.4 Å². The van der Waals surface area contributed by atoms with Crippen LogP contribution in [0.2, 0.25) is 0 Å². The third-order valence-corrected chi connectivity index (χ3v) is 3.95. The average molecular weight is 313 g/mol. The van der Waals surface area contributed by atoms with Crippen molar-refractivity contribution in [3.05, 3.63) is 47.8 Å². The predicted molar refractivity (Wildman–Crippen MR) is 92.7 cm³/mol. The van der Waals surface area contributed by atoms with Gasteiger partial charge in [0.15, 0.2) is 0 Å². The van der Waals surface area contributed by atoms with Crippen LogP contribution in [0.15, 0.2) is 36.5 Å². The van der Waals surface area contributed by atoms with Crippen LogP contribution in [0.4, 0.5) is 11.6 Å². The van der Waals surface area contributed by atoms with Crippen molar-refractivity contribution in [3.8, 4) is 0 Å². The van der Waals surface area contributed by atoms with Crippen LogP contribution in [0.1, 0.15) is 31.3 Å². The Bertz CT molecular complexity index is 734. The zero-order valence-electron chi connectivity index (χ0n) is 13.4. The first-order chi connectivity index (χ1) is 11.0. The van der Waals surface area contributed by atoms with E-state index in [9.17, 15) is 4.79 Å². The molecule has 1 aliphatic rings. The molecule has 23 heavy (non-hydrogen) atoms. The van der Waals surface area contributed by atoms with E-state index < -0.39 is 0 Å². The Morgan fingerprint density at radius 1 is 1.35 bits per heavy atom. The van der Waals surface area contributed by atoms with Crippen LogP contribution in [0, 0.1) is 0 Å². The van der Waals surface area contributed by atoms with Crippen molar-refractivity contribution >= 4 is 17.4 Å². The molecule has 0 aromatic carbocycles. The fourth-order valence-electron chi connectivity index (χ4n) is 2.81. The zero-order chi connectivity index (χ0) is 16.4. The van der Waals surface area contributed by atoms with E-state index in [0.717, 1.165) is 25.5 Å². The van der Waals surface area contributed by atoms with E-state index in [2.05, 4.69) is 34.0 Å². The first kappa shape index (κ1) is 15.4. The molecule has 0 radical (unpaired) electrons. The molecule has 0 atom stereocenters. The van der Waals surface area contributed by atoms with Gasteiger partial charge in [-0.15, -0.1) is 0 Å². The van der Waals surface area contributed by atoms with Gasteiger partial charge in [0.05, 0.1) is 5.56 Å². The van der Waals surface area contributed by atoms with Gasteiger partial charge < -0.3 is 16.0 Å². The van der Waals surface area contributed by atoms with Gasteiger partial charge in [-0.05, 0) is 38.1 Å². The molecule has 1 fully saturated rings. The van der Waals surface area contributed by atoms with Crippen LogP contribution in [-0.4, -0.2) is 40.9 Å². The minimum atomic E-state index is -0.202. The molecule has 0 spiro atoms. The zero-order valence-corrected chi connectivity index (χ0v) is 13.4. The summed E-state index contributed by atoms with van der Waals surface area (Å²) in [6.07, 6.45) is 1.57. The number of rotatable bonds is 3. The van der Waals surface area contributed by atoms with Crippen molar-refractivity contribution in [2.75, 3.05) is 30.3 Å². The Morgan fingerprint density at radius 3 is 2.91 bits per heavy atom. The van der Waals surface area contributed by atoms with Gasteiger partial charge in [-0.2, -0.15) is 0 Å². The lowest BCUT2D eigenvalue weighted by atomic mass is 10.0. The van der Waals surface area contributed by atoms with Crippen LogP contribution in [0.25, 0.3) is 0 Å². The highest BCUT2D eigenvalue weighted by atomic mass is 16.1. The molecule has 0 bridgehead atoms. The SMILES string of the molecule is CC1(C)CN(c2cccc(C(=O)c3cccnc3N)n2)CCN1.[HH]. The first-order valence-corrected chi connectivity index (χ1v) is 7.68. The van der Waals surface area contributed by atoms with E-state index in [1.807, 2.05) is 12.1 Å². The van der Waals surface area contributed by atoms with E-state index in [1.165, 1.54) is 0 Å². The van der Waals surface area contributed by atoms with E-state index in [-0.39, 0.29) is 18.6 Å². The molecular weight excluding hydrogens is 290 g/mol. The summed E-state index contributed by atoms with van der Waals surface area (Å²) < 4.78 is 0. The standard InChI is InChI=1S/C17H21N5O.H2/c1-17(2)11-22(10-9-20-17)14-7-3-6-13(21-14)15(23)12-5-4-8-19-16(12)18;/h3-8,20H,9-11H2,1-2H3,(H2,18,19);1H. The fraction of sp³-hybridized carbons (Fsp3) is 0.353. The number of pyridine rings is 2. The molecule has 0 aliphatic carbocycles. The van der Waals surface area contributed by atoms with E-state index >= 15 is 0 Å². The van der Waals surface area contributed by atoms with Gasteiger partial charge in [0.2, 0.25) is 5.78 Å². The molecule has 3 rings (SSSR count). The van der Waals surface area contributed by atoms with E-state index in [4.69, 9.17) is 5.73 Å². The highest BCUT2D eigenvalue weighted by molar-refractivity contribution is 6.10. The normalized spacial score (nSPS) is 17.0. The monoisotopic (exact) mass is 313 g/mol. The van der Waals surface area contributed by atoms with Gasteiger partial charge in [0.25, 0.3) is 0 Å². The number of hydrogen-bond donors (Lipinski definition) is 2. The molecule has 6 nitrogen and oxygen atoms in total. The van der Waals surface area contributed by atoms with Gasteiger partial charge >= 0.3 is 0 Å². The number of anilines is 2. The smallest absolute Gasteiger partial charge is 0.215 e. The summed E-state index contributed by atoms with van der Waals surface area (Å²) in [5, 5.41) is 3.47. The third-order valence-electron chi connectivity index (χ3n) is 3.95. The summed E-state index contributed by atoms with van der Waals surface area (Å²) in [6.45, 7) is 6.91. The van der Waals surface area contributed by atoms with Crippen molar-refractivity contribution in [1.29, 1.82) is 0 Å². The van der Waals surface area contributed by atoms with Gasteiger partial charge in [0, 0.05) is 32.8 Å². The molecule has 2 aromatic rings. The molecule has 1 aliphatic heterocycles. The van der Waals surface area contributed by atoms with Crippen molar-refractivity contribution in [2.24, 2.45) is 0 Å². The van der Waals surface area contributed by atoms with Gasteiger partial charge in [-0.3, -0.25) is 4.79 Å². The van der Waals surface area contributed by atoms with Crippen LogP contribution < -0.4 is 16.0 Å². The molecular formula is C17H23N5O. The number of nitrogens with one attached hydrogen (secondary N) is 1. The number of nitrogen functional groups attached to an aromatic ring is 1. The second-order valence-electron chi connectivity index (χ2n) is 6.38. The van der Waals surface area contributed by atoms with Gasteiger partial charge in [-0.1, -0.05) is 6.07 Å². The van der Waals surface area contributed by atoms with Crippen molar-refractivity contribution < 1.29 is 6.22 Å². The Balaban J connectivity index is 0.00000208. The molecule has 0 unspecified atom stereocenters. The number of nitrogens with zero attached hydrogens (tertiary/aromatic N) is 3. The third kappa shape index (κ3) is 3.32. The Kier molecular flexibility index (Phi) is 4.00. The van der Waals surface area contributed by atoms with E-state index in [1.54, 1.807) is 24.4 Å². The number of piperazine rings is 1. The minimum absolute atomic E-state index is 0. The largest absolute Gasteiger partial charge is 0.383 e. The lowest BCUT2D eigenvalue weighted by Crippen LogP contribution is -2.57. The number of nitrogens with two attached hydrogens (primary N) is 1. The quantitative estimate of drug-likeness (QED) is 0.840. The van der Waals surface area contributed by atoms with Crippen LogP contribution in [0.3, 0.4) is 0 Å². The minimum Gasteiger partial charge on any atom is -0.383 e. The molecule has 0 saturated carbocycles. The molecule has 3 N–H and O–H groups in total. The second-order valence-corrected chi connectivity index (χ2v) is 6.38. The highest BCUT2D eigenvalue weighted by Crippen LogP contribution is 2.20. The molecule has 0 amide bonds. The number of ketones is 1. The van der Waals surface area contributed by atoms with Crippen LogP contribution in [0.5, 0.6) is 0 Å². The summed E-state index contributed by atoms with van der Waals surface area (Å²) in [7, 11) is 0. The maximum atomic E-state index is 12.6. The topological polar surface area (TPSA) is 84.1 Å². The highest BCUT2D eigenvalue weighted by Gasteiger charge is 2.26. The molecule has 2 aromatic heterocycles. The Labute approximate surface area is 137 Å². The Morgan fingerprint density at radius 2 is 2.17 bits per heavy atom. The molecule has 122 valence electrons. The van der Waals surface area contributed by atoms with Gasteiger partial charge in [0.1, 0.15) is 17.3 Å². The second kappa shape index (κ2) is 5.96. The van der Waals surface area contributed by atoms with Gasteiger partial charge in [-0.25, -0.2) is 9.97 Å². The van der Waals surface area contributed by atoms with Crippen LogP contribution in [-0.2, 0) is 0 Å². The summed E-state index contributed by atoms with van der Waals surface area (Å²) in [5.74, 6) is 0.841. The van der Waals surface area contributed by atoms with Crippen molar-refractivity contribution in [3.63, 3.8) is 0 Å². The Hall–Kier alpha value is -2.47. The number of carbonyl (C=O) groups is 1. The lowest BCUT2D eigenvalue weighted by Gasteiger charge is -2.39. The first-order valence-electron chi connectivity index (χ1n) is 7.68. The lowest BCUT2D eigenvalue weighted by molar-refractivity contribution is 0.103. The number of carbonyl (C=O) groups excluding carboxylic acids is 1. The summed E-state index contributed by atoms with van der Waals surface area (Å²) in [4.78, 5) is 23.3.